The Morgan fingerprint density at radius 3 is 3.12 bits per heavy atom. The third-order valence-corrected chi connectivity index (χ3v) is 2.18. The molecule has 0 aliphatic heterocycles. The number of aliphatic hydroxyl groups is 1. The molecule has 0 radical (unpaired) electrons. The first kappa shape index (κ1) is 11.3. The van der Waals surface area contributed by atoms with Crippen molar-refractivity contribution in [2.75, 3.05) is 13.2 Å². The second kappa shape index (κ2) is 5.22. The van der Waals surface area contributed by atoms with Gasteiger partial charge in [-0.3, -0.25) is 14.9 Å². The molecule has 88 valence electrons. The molecule has 0 aliphatic carbocycles. The van der Waals surface area contributed by atoms with Crippen LogP contribution >= 0.6 is 0 Å². The van der Waals surface area contributed by atoms with Crippen molar-refractivity contribution in [2.45, 2.75) is 0 Å². The molecular weight excluding hydrogens is 220 g/mol. The molecule has 0 aromatic carbocycles. The highest BCUT2D eigenvalue weighted by Gasteiger charge is 2.09. The van der Waals surface area contributed by atoms with Gasteiger partial charge in [0.2, 0.25) is 0 Å². The Labute approximate surface area is 97.7 Å². The zero-order valence-electron chi connectivity index (χ0n) is 9.05. The van der Waals surface area contributed by atoms with Crippen LogP contribution in [0.15, 0.2) is 30.6 Å². The second-order valence-electron chi connectivity index (χ2n) is 3.39. The predicted molar refractivity (Wildman–Crippen MR) is 61.2 cm³/mol. The average molecular weight is 232 g/mol. The van der Waals surface area contributed by atoms with Crippen molar-refractivity contribution in [3.8, 4) is 11.3 Å². The van der Waals surface area contributed by atoms with E-state index in [1.165, 1.54) is 0 Å². The highest BCUT2D eigenvalue weighted by Crippen LogP contribution is 2.15. The summed E-state index contributed by atoms with van der Waals surface area (Å²) in [5.74, 6) is -0.290. The summed E-state index contributed by atoms with van der Waals surface area (Å²) in [4.78, 5) is 15.5. The minimum Gasteiger partial charge on any atom is -0.395 e. The Kier molecular flexibility index (Phi) is 3.46. The number of pyridine rings is 1. The molecule has 2 heterocycles. The maximum atomic E-state index is 11.5. The van der Waals surface area contributed by atoms with Gasteiger partial charge in [0.15, 0.2) is 0 Å². The molecule has 2 aromatic rings. The van der Waals surface area contributed by atoms with Gasteiger partial charge in [0.25, 0.3) is 5.91 Å². The summed E-state index contributed by atoms with van der Waals surface area (Å²) in [5.41, 5.74) is 1.86. The third-order valence-electron chi connectivity index (χ3n) is 2.18. The van der Waals surface area contributed by atoms with Gasteiger partial charge in [0.1, 0.15) is 5.69 Å². The molecule has 0 saturated carbocycles. The molecule has 6 nitrogen and oxygen atoms in total. The van der Waals surface area contributed by atoms with Gasteiger partial charge in [-0.15, -0.1) is 0 Å². The van der Waals surface area contributed by atoms with Crippen LogP contribution < -0.4 is 5.32 Å². The minimum absolute atomic E-state index is 0.0880. The van der Waals surface area contributed by atoms with E-state index in [2.05, 4.69) is 20.5 Å². The number of aliphatic hydroxyl groups excluding tert-OH is 1. The van der Waals surface area contributed by atoms with E-state index < -0.39 is 0 Å². The number of aromatic nitrogens is 3. The molecule has 17 heavy (non-hydrogen) atoms. The lowest BCUT2D eigenvalue weighted by Gasteiger charge is -1.98. The monoisotopic (exact) mass is 232 g/mol. The first-order valence-corrected chi connectivity index (χ1v) is 5.16. The lowest BCUT2D eigenvalue weighted by atomic mass is 10.2. The number of hydrogen-bond donors (Lipinski definition) is 3. The first-order chi connectivity index (χ1) is 8.31. The van der Waals surface area contributed by atoms with Crippen LogP contribution in [0.5, 0.6) is 0 Å². The van der Waals surface area contributed by atoms with Gasteiger partial charge in [-0.1, -0.05) is 0 Å². The number of carbonyl (C=O) groups excluding carboxylic acids is 1. The van der Waals surface area contributed by atoms with Crippen LogP contribution in [0.1, 0.15) is 10.5 Å². The summed E-state index contributed by atoms with van der Waals surface area (Å²) in [6, 6.07) is 5.30. The molecule has 1 amide bonds. The van der Waals surface area contributed by atoms with Gasteiger partial charge in [0, 0.05) is 24.5 Å². The summed E-state index contributed by atoms with van der Waals surface area (Å²) >= 11 is 0. The van der Waals surface area contributed by atoms with E-state index in [1.807, 2.05) is 6.07 Å². The van der Waals surface area contributed by atoms with Gasteiger partial charge in [-0.2, -0.15) is 5.10 Å². The first-order valence-electron chi connectivity index (χ1n) is 5.16. The van der Waals surface area contributed by atoms with Crippen molar-refractivity contribution in [1.29, 1.82) is 0 Å². The topological polar surface area (TPSA) is 90.9 Å². The minimum atomic E-state index is -0.290. The van der Waals surface area contributed by atoms with E-state index >= 15 is 0 Å². The molecule has 0 saturated heterocycles. The van der Waals surface area contributed by atoms with Crippen LogP contribution in [0, 0.1) is 0 Å². The zero-order chi connectivity index (χ0) is 12.1. The van der Waals surface area contributed by atoms with Gasteiger partial charge in [-0.25, -0.2) is 0 Å². The number of rotatable bonds is 4. The van der Waals surface area contributed by atoms with E-state index in [-0.39, 0.29) is 19.1 Å². The van der Waals surface area contributed by atoms with E-state index in [9.17, 15) is 4.79 Å². The fourth-order valence-electron chi connectivity index (χ4n) is 1.36. The molecular formula is C11H12N4O2. The highest BCUT2D eigenvalue weighted by molar-refractivity contribution is 5.93. The third kappa shape index (κ3) is 2.67. The number of hydrogen-bond acceptors (Lipinski definition) is 4. The fourth-order valence-corrected chi connectivity index (χ4v) is 1.36. The van der Waals surface area contributed by atoms with Crippen molar-refractivity contribution in [3.63, 3.8) is 0 Å². The largest absolute Gasteiger partial charge is 0.395 e. The van der Waals surface area contributed by atoms with Crippen LogP contribution in [0.4, 0.5) is 0 Å². The lowest BCUT2D eigenvalue weighted by Crippen LogP contribution is -2.26. The van der Waals surface area contributed by atoms with Crippen molar-refractivity contribution in [1.82, 2.24) is 20.5 Å². The SMILES string of the molecule is O=C(NCCO)c1cc(-c2cccnc2)n[nH]1. The average Bonchev–Trinajstić information content (AvgIpc) is 2.86. The molecule has 0 fully saturated rings. The van der Waals surface area contributed by atoms with Gasteiger partial charge < -0.3 is 10.4 Å². The summed E-state index contributed by atoms with van der Waals surface area (Å²) < 4.78 is 0. The summed E-state index contributed by atoms with van der Waals surface area (Å²) in [6.07, 6.45) is 3.34. The zero-order valence-corrected chi connectivity index (χ0v) is 9.05. The van der Waals surface area contributed by atoms with Crippen LogP contribution in [0.3, 0.4) is 0 Å². The Morgan fingerprint density at radius 1 is 1.53 bits per heavy atom. The number of aromatic amines is 1. The molecule has 2 aromatic heterocycles. The van der Waals surface area contributed by atoms with Crippen molar-refractivity contribution in [3.05, 3.63) is 36.3 Å². The number of nitrogens with one attached hydrogen (secondary N) is 2. The maximum Gasteiger partial charge on any atom is 0.269 e. The maximum absolute atomic E-state index is 11.5. The molecule has 0 spiro atoms. The van der Waals surface area contributed by atoms with Crippen LogP contribution in [0.25, 0.3) is 11.3 Å². The number of amides is 1. The van der Waals surface area contributed by atoms with Crippen molar-refractivity contribution < 1.29 is 9.90 Å². The van der Waals surface area contributed by atoms with Crippen molar-refractivity contribution in [2.24, 2.45) is 0 Å². The van der Waals surface area contributed by atoms with Crippen LogP contribution in [-0.4, -0.2) is 39.3 Å². The Bertz CT molecular complexity index is 495. The molecule has 0 unspecified atom stereocenters. The molecule has 3 N–H and O–H groups in total. The van der Waals surface area contributed by atoms with E-state index in [1.54, 1.807) is 24.5 Å². The number of H-pyrrole nitrogens is 1. The fraction of sp³-hybridized carbons (Fsp3) is 0.182. The van der Waals surface area contributed by atoms with Crippen LogP contribution in [0.2, 0.25) is 0 Å². The smallest absolute Gasteiger partial charge is 0.269 e. The van der Waals surface area contributed by atoms with Gasteiger partial charge in [0.05, 0.1) is 12.3 Å². The quantitative estimate of drug-likeness (QED) is 0.702. The highest BCUT2D eigenvalue weighted by atomic mass is 16.3. The normalized spacial score (nSPS) is 10.2. The number of carbonyl (C=O) groups is 1. The molecule has 6 heteroatoms. The summed E-state index contributed by atoms with van der Waals surface area (Å²) in [7, 11) is 0. The second-order valence-corrected chi connectivity index (χ2v) is 3.39. The number of nitrogens with zero attached hydrogens (tertiary/aromatic N) is 2. The van der Waals surface area contributed by atoms with Gasteiger partial charge >= 0.3 is 0 Å². The summed E-state index contributed by atoms with van der Waals surface area (Å²) in [6.45, 7) is 0.134. The van der Waals surface area contributed by atoms with E-state index in [4.69, 9.17) is 5.11 Å². The Balaban J connectivity index is 2.14. The molecule has 0 aliphatic rings. The molecule has 0 atom stereocenters. The summed E-state index contributed by atoms with van der Waals surface area (Å²) in [5, 5.41) is 17.8. The Morgan fingerprint density at radius 2 is 2.41 bits per heavy atom. The van der Waals surface area contributed by atoms with E-state index in [0.29, 0.717) is 11.4 Å². The van der Waals surface area contributed by atoms with Crippen molar-refractivity contribution >= 4 is 5.91 Å². The standard InChI is InChI=1S/C11H12N4O2/c16-5-4-13-11(17)10-6-9(14-15-10)8-2-1-3-12-7-8/h1-3,6-7,16H,4-5H2,(H,13,17)(H,14,15). The van der Waals surface area contributed by atoms with Crippen LogP contribution in [-0.2, 0) is 0 Å². The van der Waals surface area contributed by atoms with E-state index in [0.717, 1.165) is 5.56 Å². The molecule has 2 rings (SSSR count). The Hall–Kier alpha value is -2.21. The lowest BCUT2D eigenvalue weighted by molar-refractivity contribution is 0.0940. The van der Waals surface area contributed by atoms with Gasteiger partial charge in [-0.05, 0) is 18.2 Å². The predicted octanol–water partition coefficient (Wildman–Crippen LogP) is 0.194. The molecule has 0 bridgehead atoms.